The van der Waals surface area contributed by atoms with Crippen LogP contribution < -0.4 is 21.1 Å². The van der Waals surface area contributed by atoms with E-state index in [1.807, 2.05) is 4.90 Å². The molecule has 4 heterocycles. The van der Waals surface area contributed by atoms with Gasteiger partial charge in [0.2, 0.25) is 5.91 Å². The minimum absolute atomic E-state index is 0.0261. The van der Waals surface area contributed by atoms with E-state index >= 15 is 0 Å². The molecule has 0 bridgehead atoms. The first kappa shape index (κ1) is 27.5. The fraction of sp³-hybridized carbons (Fsp3) is 0.545. The van der Waals surface area contributed by atoms with Crippen LogP contribution in [0.2, 0.25) is 0 Å². The van der Waals surface area contributed by atoms with E-state index in [1.54, 1.807) is 16.9 Å². The molecule has 38 heavy (non-hydrogen) atoms. The lowest BCUT2D eigenvalue weighted by Crippen LogP contribution is -2.59. The Morgan fingerprint density at radius 1 is 1.21 bits per heavy atom. The van der Waals surface area contributed by atoms with Crippen LogP contribution in [0.5, 0.6) is 0 Å². The topological polar surface area (TPSA) is 115 Å². The molecule has 0 saturated carbocycles. The highest BCUT2D eigenvalue weighted by Gasteiger charge is 2.38. The Hall–Kier alpha value is -3.56. The summed E-state index contributed by atoms with van der Waals surface area (Å²) in [6.07, 6.45) is -7.66. The number of hydrogen-bond donors (Lipinski definition) is 3. The molecular weight excluding hydrogens is 524 g/mol. The Morgan fingerprint density at radius 3 is 2.68 bits per heavy atom. The van der Waals surface area contributed by atoms with E-state index < -0.39 is 40.8 Å². The van der Waals surface area contributed by atoms with E-state index in [9.17, 15) is 35.9 Å². The van der Waals surface area contributed by atoms with E-state index in [0.717, 1.165) is 18.5 Å². The lowest BCUT2D eigenvalue weighted by molar-refractivity contribution is -0.138. The van der Waals surface area contributed by atoms with Crippen LogP contribution in [0.1, 0.15) is 24.5 Å². The molecule has 1 amide bonds. The largest absolute Gasteiger partial charge is 0.423 e. The van der Waals surface area contributed by atoms with E-state index in [1.165, 1.54) is 0 Å². The summed E-state index contributed by atoms with van der Waals surface area (Å²) in [5.74, 6) is 0.227. The summed E-state index contributed by atoms with van der Waals surface area (Å²) in [6.45, 7) is 3.00. The van der Waals surface area contributed by atoms with Crippen LogP contribution >= 0.6 is 0 Å². The Kier molecular flexibility index (Phi) is 7.71. The maximum absolute atomic E-state index is 13.2. The van der Waals surface area contributed by atoms with Gasteiger partial charge in [0.05, 0.1) is 48.8 Å². The number of alkyl halides is 6. The van der Waals surface area contributed by atoms with Crippen LogP contribution in [0, 0.1) is 0 Å². The Bertz CT molecular complexity index is 1220. The first-order valence-electron chi connectivity index (χ1n) is 11.7. The molecular formula is C22H25F6N7O3. The van der Waals surface area contributed by atoms with Gasteiger partial charge in [0, 0.05) is 38.4 Å². The molecule has 1 unspecified atom stereocenters. The van der Waals surface area contributed by atoms with Gasteiger partial charge in [-0.2, -0.15) is 31.4 Å². The molecule has 1 fully saturated rings. The molecule has 0 radical (unpaired) electrons. The van der Waals surface area contributed by atoms with Gasteiger partial charge in [0.15, 0.2) is 5.82 Å². The number of fused-ring (bicyclic) bond motifs is 3. The van der Waals surface area contributed by atoms with Gasteiger partial charge < -0.3 is 25.2 Å². The van der Waals surface area contributed by atoms with E-state index in [-0.39, 0.29) is 31.6 Å². The summed E-state index contributed by atoms with van der Waals surface area (Å²) in [6, 6.07) is 0.247. The second kappa shape index (κ2) is 10.7. The first-order valence-corrected chi connectivity index (χ1v) is 11.7. The monoisotopic (exact) mass is 549 g/mol. The zero-order chi connectivity index (χ0) is 27.7. The zero-order valence-electron chi connectivity index (χ0n) is 20.1. The van der Waals surface area contributed by atoms with Crippen LogP contribution in [0.15, 0.2) is 23.3 Å². The number of halogens is 6. The highest BCUT2D eigenvalue weighted by atomic mass is 19.4. The number of aromatic amines is 1. The van der Waals surface area contributed by atoms with Gasteiger partial charge in [-0.3, -0.25) is 9.59 Å². The Morgan fingerprint density at radius 2 is 1.97 bits per heavy atom. The average molecular weight is 549 g/mol. The van der Waals surface area contributed by atoms with Crippen LogP contribution in [-0.2, 0) is 21.9 Å². The highest BCUT2D eigenvalue weighted by Crippen LogP contribution is 2.37. The minimum atomic E-state index is -4.87. The molecule has 2 aliphatic heterocycles. The fourth-order valence-corrected chi connectivity index (χ4v) is 4.41. The third-order valence-electron chi connectivity index (χ3n) is 6.20. The Balaban J connectivity index is 1.24. The van der Waals surface area contributed by atoms with Crippen molar-refractivity contribution in [2.24, 2.45) is 0 Å². The maximum Gasteiger partial charge on any atom is 0.423 e. The van der Waals surface area contributed by atoms with E-state index in [0.29, 0.717) is 37.7 Å². The lowest BCUT2D eigenvalue weighted by atomic mass is 10.1. The molecule has 10 nitrogen and oxygen atoms in total. The number of piperazine rings is 1. The smallest absolute Gasteiger partial charge is 0.380 e. The standard InChI is InChI=1S/C22H25F6N7O3/c1-12(32-16-9-31-33-20(37)18(16)22(26,27)28)11-38-5-2-17(36)34-3-4-35-14(10-34)8-29-15-6-13(21(23,24)25)7-30-19(15)35/h6-7,9,12,14,29H,2-5,8,10-11H2,1H3,(H2,32,33,37)/t12?,14-/m0/s1. The van der Waals surface area contributed by atoms with Crippen LogP contribution in [-0.4, -0.2) is 77.5 Å². The predicted molar refractivity (Wildman–Crippen MR) is 124 cm³/mol. The molecule has 2 aliphatic rings. The number of carbonyl (C=O) groups excluding carboxylic acids is 1. The van der Waals surface area contributed by atoms with Crippen LogP contribution in [0.4, 0.5) is 43.5 Å². The van der Waals surface area contributed by atoms with E-state index in [2.05, 4.69) is 20.7 Å². The maximum atomic E-state index is 13.2. The first-order chi connectivity index (χ1) is 17.8. The van der Waals surface area contributed by atoms with Gasteiger partial charge in [0.25, 0.3) is 5.56 Å². The number of anilines is 3. The number of nitrogens with one attached hydrogen (secondary N) is 3. The van der Waals surface area contributed by atoms with Crippen molar-refractivity contribution in [1.82, 2.24) is 20.1 Å². The molecule has 1 saturated heterocycles. The molecule has 0 aliphatic carbocycles. The number of aromatic nitrogens is 3. The summed E-state index contributed by atoms with van der Waals surface area (Å²) in [5.41, 5.74) is -3.76. The molecule has 16 heteroatoms. The number of ether oxygens (including phenoxy) is 1. The Labute approximate surface area is 212 Å². The van der Waals surface area contributed by atoms with Gasteiger partial charge in [-0.15, -0.1) is 0 Å². The molecule has 0 spiro atoms. The molecule has 2 atom stereocenters. The van der Waals surface area contributed by atoms with Crippen molar-refractivity contribution < 1.29 is 35.9 Å². The number of nitrogens with zero attached hydrogens (tertiary/aromatic N) is 4. The third-order valence-corrected chi connectivity index (χ3v) is 6.20. The minimum Gasteiger partial charge on any atom is -0.380 e. The van der Waals surface area contributed by atoms with Gasteiger partial charge in [-0.05, 0) is 13.0 Å². The van der Waals surface area contributed by atoms with Crippen molar-refractivity contribution >= 4 is 23.1 Å². The summed E-state index contributed by atoms with van der Waals surface area (Å²) < 4.78 is 83.9. The van der Waals surface area contributed by atoms with Crippen molar-refractivity contribution in [1.29, 1.82) is 0 Å². The molecule has 2 aromatic rings. The average Bonchev–Trinajstić information content (AvgIpc) is 2.84. The van der Waals surface area contributed by atoms with Crippen molar-refractivity contribution in [3.8, 4) is 0 Å². The number of pyridine rings is 1. The molecule has 0 aromatic carbocycles. The molecule has 2 aromatic heterocycles. The van der Waals surface area contributed by atoms with Crippen LogP contribution in [0.3, 0.4) is 0 Å². The number of hydrogen-bond acceptors (Lipinski definition) is 8. The van der Waals surface area contributed by atoms with Gasteiger partial charge in [-0.1, -0.05) is 0 Å². The number of amides is 1. The van der Waals surface area contributed by atoms with E-state index in [4.69, 9.17) is 4.74 Å². The summed E-state index contributed by atoms with van der Waals surface area (Å²) in [5, 5.41) is 10.7. The predicted octanol–water partition coefficient (Wildman–Crippen LogP) is 2.55. The number of H-pyrrole nitrogens is 1. The van der Waals surface area contributed by atoms with Crippen molar-refractivity contribution in [2.75, 3.05) is 54.9 Å². The summed E-state index contributed by atoms with van der Waals surface area (Å²) in [4.78, 5) is 31.8. The number of rotatable bonds is 7. The van der Waals surface area contributed by atoms with Gasteiger partial charge in [0.1, 0.15) is 5.56 Å². The third kappa shape index (κ3) is 6.11. The van der Waals surface area contributed by atoms with Gasteiger partial charge >= 0.3 is 12.4 Å². The normalized spacial score (nSPS) is 18.3. The van der Waals surface area contributed by atoms with Crippen molar-refractivity contribution in [3.63, 3.8) is 0 Å². The molecule has 4 rings (SSSR count). The van der Waals surface area contributed by atoms with Crippen molar-refractivity contribution in [2.45, 2.75) is 37.8 Å². The SMILES string of the molecule is CC(COCCC(=O)N1CCN2c3ncc(C(F)(F)F)cc3NC[C@H]2C1)Nc1cn[nH]c(=O)c1C(F)(F)F. The molecule has 3 N–H and O–H groups in total. The van der Waals surface area contributed by atoms with Crippen molar-refractivity contribution in [3.05, 3.63) is 39.9 Å². The summed E-state index contributed by atoms with van der Waals surface area (Å²) in [7, 11) is 0. The fourth-order valence-electron chi connectivity index (χ4n) is 4.41. The summed E-state index contributed by atoms with van der Waals surface area (Å²) >= 11 is 0. The zero-order valence-corrected chi connectivity index (χ0v) is 20.1. The quantitative estimate of drug-likeness (QED) is 0.357. The van der Waals surface area contributed by atoms with Crippen LogP contribution in [0.25, 0.3) is 0 Å². The second-order valence-electron chi connectivity index (χ2n) is 9.02. The molecule has 208 valence electrons. The second-order valence-corrected chi connectivity index (χ2v) is 9.02. The number of carbonyl (C=O) groups is 1. The van der Waals surface area contributed by atoms with Gasteiger partial charge in [-0.25, -0.2) is 10.1 Å². The lowest BCUT2D eigenvalue weighted by Gasteiger charge is -2.45. The highest BCUT2D eigenvalue weighted by molar-refractivity contribution is 5.77.